The zero-order chi connectivity index (χ0) is 16.8. The quantitative estimate of drug-likeness (QED) is 0.454. The fourth-order valence-electron chi connectivity index (χ4n) is 2.74. The highest BCUT2D eigenvalue weighted by molar-refractivity contribution is 5.71. The van der Waals surface area contributed by atoms with Crippen LogP contribution in [0, 0.1) is 38.7 Å². The summed E-state index contributed by atoms with van der Waals surface area (Å²) in [6, 6.07) is 3.80. The number of piperidine rings is 1. The minimum absolute atomic E-state index is 0.0151. The predicted octanol–water partition coefficient (Wildman–Crippen LogP) is 1.47. The standard InChI is InChI=1S/C14H17N7O2/c1-11-3-2-6-20(9-11)14-12(21(22)23)13(17-10-18-14)19(7-4-15)8-5-16/h10-11H,2-3,6-9H2,1H3. The molecular formula is C14H17N7O2. The summed E-state index contributed by atoms with van der Waals surface area (Å²) >= 11 is 0. The van der Waals surface area contributed by atoms with Crippen LogP contribution in [0.2, 0.25) is 0 Å². The fourth-order valence-corrected chi connectivity index (χ4v) is 2.74. The molecule has 1 aliphatic rings. The lowest BCUT2D eigenvalue weighted by Gasteiger charge is -2.31. The smallest absolute Gasteiger partial charge is 0.350 e. The number of nitriles is 2. The summed E-state index contributed by atoms with van der Waals surface area (Å²) in [5.74, 6) is 0.699. The first kappa shape index (κ1) is 16.4. The van der Waals surface area contributed by atoms with Crippen molar-refractivity contribution in [3.05, 3.63) is 16.4 Å². The molecule has 1 fully saturated rings. The van der Waals surface area contributed by atoms with Crippen molar-refractivity contribution in [1.29, 1.82) is 10.5 Å². The van der Waals surface area contributed by atoms with E-state index in [1.807, 2.05) is 17.0 Å². The van der Waals surface area contributed by atoms with Gasteiger partial charge < -0.3 is 9.80 Å². The molecule has 0 radical (unpaired) electrons. The van der Waals surface area contributed by atoms with Crippen molar-refractivity contribution < 1.29 is 4.92 Å². The summed E-state index contributed by atoms with van der Waals surface area (Å²) in [5.41, 5.74) is -0.243. The minimum Gasteiger partial charge on any atom is -0.350 e. The van der Waals surface area contributed by atoms with Crippen LogP contribution in [-0.4, -0.2) is 41.1 Å². The lowest BCUT2D eigenvalue weighted by molar-refractivity contribution is -0.383. The van der Waals surface area contributed by atoms with Crippen LogP contribution in [-0.2, 0) is 0 Å². The molecule has 0 saturated carbocycles. The molecule has 2 rings (SSSR count). The number of rotatable bonds is 5. The maximum absolute atomic E-state index is 11.6. The third-order valence-electron chi connectivity index (χ3n) is 3.75. The topological polar surface area (TPSA) is 123 Å². The van der Waals surface area contributed by atoms with Gasteiger partial charge in [-0.05, 0) is 18.8 Å². The maximum Gasteiger partial charge on any atom is 0.353 e. The van der Waals surface area contributed by atoms with Gasteiger partial charge >= 0.3 is 5.69 Å². The van der Waals surface area contributed by atoms with Gasteiger partial charge in [-0.25, -0.2) is 9.97 Å². The van der Waals surface area contributed by atoms with E-state index in [4.69, 9.17) is 10.5 Å². The van der Waals surface area contributed by atoms with E-state index in [9.17, 15) is 10.1 Å². The van der Waals surface area contributed by atoms with E-state index < -0.39 is 4.92 Å². The van der Waals surface area contributed by atoms with Gasteiger partial charge in [-0.3, -0.25) is 10.1 Å². The molecule has 1 aromatic heterocycles. The summed E-state index contributed by atoms with van der Waals surface area (Å²) in [6.45, 7) is 3.17. The largest absolute Gasteiger partial charge is 0.353 e. The van der Waals surface area contributed by atoms with E-state index in [0.717, 1.165) is 12.8 Å². The molecule has 23 heavy (non-hydrogen) atoms. The molecule has 0 aliphatic carbocycles. The van der Waals surface area contributed by atoms with Gasteiger partial charge in [-0.15, -0.1) is 0 Å². The second-order valence-corrected chi connectivity index (χ2v) is 5.49. The van der Waals surface area contributed by atoms with Crippen molar-refractivity contribution in [3.8, 4) is 12.1 Å². The third-order valence-corrected chi connectivity index (χ3v) is 3.75. The Morgan fingerprint density at radius 1 is 1.43 bits per heavy atom. The predicted molar refractivity (Wildman–Crippen MR) is 82.7 cm³/mol. The number of nitrogens with zero attached hydrogens (tertiary/aromatic N) is 7. The lowest BCUT2D eigenvalue weighted by atomic mass is 10.0. The zero-order valence-corrected chi connectivity index (χ0v) is 12.8. The zero-order valence-electron chi connectivity index (χ0n) is 12.8. The molecule has 0 spiro atoms. The normalized spacial score (nSPS) is 17.2. The fraction of sp³-hybridized carbons (Fsp3) is 0.571. The molecule has 0 bridgehead atoms. The number of hydrogen-bond donors (Lipinski definition) is 0. The molecule has 1 saturated heterocycles. The van der Waals surface area contributed by atoms with Gasteiger partial charge in [0.2, 0.25) is 11.6 Å². The second kappa shape index (κ2) is 7.36. The van der Waals surface area contributed by atoms with Gasteiger partial charge in [0, 0.05) is 13.1 Å². The Bertz CT molecular complexity index is 648. The van der Waals surface area contributed by atoms with Crippen molar-refractivity contribution in [2.24, 2.45) is 5.92 Å². The van der Waals surface area contributed by atoms with Gasteiger partial charge in [0.25, 0.3) is 0 Å². The van der Waals surface area contributed by atoms with E-state index in [-0.39, 0.29) is 30.4 Å². The van der Waals surface area contributed by atoms with Gasteiger partial charge in [-0.1, -0.05) is 6.92 Å². The van der Waals surface area contributed by atoms with Crippen molar-refractivity contribution in [2.45, 2.75) is 19.8 Å². The number of anilines is 2. The van der Waals surface area contributed by atoms with Crippen LogP contribution in [0.5, 0.6) is 0 Å². The van der Waals surface area contributed by atoms with E-state index >= 15 is 0 Å². The summed E-state index contributed by atoms with van der Waals surface area (Å²) in [5, 5.41) is 29.4. The molecule has 9 heteroatoms. The monoisotopic (exact) mass is 315 g/mol. The third kappa shape index (κ3) is 3.64. The Balaban J connectivity index is 2.48. The Morgan fingerprint density at radius 2 is 2.13 bits per heavy atom. The van der Waals surface area contributed by atoms with Gasteiger partial charge in [0.1, 0.15) is 19.4 Å². The van der Waals surface area contributed by atoms with E-state index in [1.165, 1.54) is 11.2 Å². The van der Waals surface area contributed by atoms with Crippen LogP contribution >= 0.6 is 0 Å². The van der Waals surface area contributed by atoms with Gasteiger partial charge in [0.05, 0.1) is 17.1 Å². The van der Waals surface area contributed by atoms with Crippen LogP contribution in [0.3, 0.4) is 0 Å². The SMILES string of the molecule is CC1CCCN(c2ncnc(N(CC#N)CC#N)c2[N+](=O)[O-])C1. The molecule has 0 amide bonds. The van der Waals surface area contributed by atoms with Crippen LogP contribution in [0.1, 0.15) is 19.8 Å². The lowest BCUT2D eigenvalue weighted by Crippen LogP contribution is -2.36. The van der Waals surface area contributed by atoms with Gasteiger partial charge in [0.15, 0.2) is 0 Å². The Labute approximate surface area is 133 Å². The highest BCUT2D eigenvalue weighted by Gasteiger charge is 2.31. The van der Waals surface area contributed by atoms with Crippen molar-refractivity contribution >= 4 is 17.3 Å². The van der Waals surface area contributed by atoms with Gasteiger partial charge in [-0.2, -0.15) is 10.5 Å². The van der Waals surface area contributed by atoms with Crippen molar-refractivity contribution in [1.82, 2.24) is 9.97 Å². The summed E-state index contributed by atoms with van der Waals surface area (Å²) in [4.78, 5) is 22.3. The van der Waals surface area contributed by atoms with E-state index in [1.54, 1.807) is 0 Å². The van der Waals surface area contributed by atoms with E-state index in [2.05, 4.69) is 16.9 Å². The average Bonchev–Trinajstić information content (AvgIpc) is 2.54. The number of nitro groups is 1. The van der Waals surface area contributed by atoms with Crippen molar-refractivity contribution in [3.63, 3.8) is 0 Å². The molecule has 0 N–H and O–H groups in total. The molecule has 9 nitrogen and oxygen atoms in total. The van der Waals surface area contributed by atoms with Crippen LogP contribution in [0.25, 0.3) is 0 Å². The highest BCUT2D eigenvalue weighted by Crippen LogP contribution is 2.35. The first-order valence-corrected chi connectivity index (χ1v) is 7.31. The maximum atomic E-state index is 11.6. The molecule has 1 aliphatic heterocycles. The number of aromatic nitrogens is 2. The summed E-state index contributed by atoms with van der Waals surface area (Å²) in [6.07, 6.45) is 3.27. The minimum atomic E-state index is -0.536. The molecule has 120 valence electrons. The van der Waals surface area contributed by atoms with Crippen molar-refractivity contribution in [2.75, 3.05) is 36.0 Å². The molecule has 1 atom stereocenters. The second-order valence-electron chi connectivity index (χ2n) is 5.49. The Morgan fingerprint density at radius 3 is 2.70 bits per heavy atom. The molecular weight excluding hydrogens is 298 g/mol. The first-order valence-electron chi connectivity index (χ1n) is 7.31. The van der Waals surface area contributed by atoms with E-state index in [0.29, 0.717) is 19.0 Å². The van der Waals surface area contributed by atoms with Crippen LogP contribution < -0.4 is 9.80 Å². The highest BCUT2D eigenvalue weighted by atomic mass is 16.6. The Hall–Kier alpha value is -2.94. The van der Waals surface area contributed by atoms with Crippen LogP contribution in [0.4, 0.5) is 17.3 Å². The van der Waals surface area contributed by atoms with Crippen LogP contribution in [0.15, 0.2) is 6.33 Å². The molecule has 0 aromatic carbocycles. The summed E-state index contributed by atoms with van der Waals surface area (Å²) in [7, 11) is 0. The Kier molecular flexibility index (Phi) is 5.26. The average molecular weight is 315 g/mol. The molecule has 1 unspecified atom stereocenters. The number of hydrogen-bond acceptors (Lipinski definition) is 8. The summed E-state index contributed by atoms with van der Waals surface area (Å²) < 4.78 is 0. The molecule has 2 heterocycles. The molecule has 1 aromatic rings. The first-order chi connectivity index (χ1) is 11.1.